The van der Waals surface area contributed by atoms with Gasteiger partial charge in [0.25, 0.3) is 5.91 Å². The van der Waals surface area contributed by atoms with Gasteiger partial charge in [-0.2, -0.15) is 0 Å². The molecule has 0 saturated carbocycles. The van der Waals surface area contributed by atoms with Gasteiger partial charge in [-0.25, -0.2) is 0 Å². The van der Waals surface area contributed by atoms with Crippen molar-refractivity contribution in [2.45, 2.75) is 13.3 Å². The summed E-state index contributed by atoms with van der Waals surface area (Å²) >= 11 is 0. The second-order valence-electron chi connectivity index (χ2n) is 2.51. The highest BCUT2D eigenvalue weighted by molar-refractivity contribution is 5.90. The largest absolute Gasteiger partial charge is 0.375 e. The van der Waals surface area contributed by atoms with Crippen LogP contribution >= 0.6 is 0 Å². The van der Waals surface area contributed by atoms with Gasteiger partial charge in [-0.1, -0.05) is 12.1 Å². The predicted molar refractivity (Wildman–Crippen MR) is 46.4 cm³/mol. The molecule has 0 aliphatic heterocycles. The molecule has 0 aromatic carbocycles. The second-order valence-corrected chi connectivity index (χ2v) is 2.51. The highest BCUT2D eigenvalue weighted by Gasteiger charge is 2.05. The molecule has 0 saturated heterocycles. The topological polar surface area (TPSA) is 64.4 Å². The molecule has 0 atom stereocenters. The van der Waals surface area contributed by atoms with Crippen LogP contribution in [0.15, 0.2) is 10.6 Å². The highest BCUT2D eigenvalue weighted by Crippen LogP contribution is 2.08. The van der Waals surface area contributed by atoms with Gasteiger partial charge >= 0.3 is 0 Å². The molecule has 1 amide bonds. The SMILES string of the molecule is CCc1cc(NC(=O)COC)no1. The Morgan fingerprint density at radius 3 is 3.08 bits per heavy atom. The molecular weight excluding hydrogens is 172 g/mol. The van der Waals surface area contributed by atoms with E-state index in [4.69, 9.17) is 4.52 Å². The number of carbonyl (C=O) groups excluding carboxylic acids is 1. The van der Waals surface area contributed by atoms with Gasteiger partial charge in [0.2, 0.25) is 0 Å². The molecule has 5 heteroatoms. The molecule has 1 heterocycles. The van der Waals surface area contributed by atoms with Gasteiger partial charge in [-0.3, -0.25) is 4.79 Å². The number of nitrogens with one attached hydrogen (secondary N) is 1. The molecule has 0 fully saturated rings. The number of aromatic nitrogens is 1. The minimum absolute atomic E-state index is 0.0221. The lowest BCUT2D eigenvalue weighted by molar-refractivity contribution is -0.119. The van der Waals surface area contributed by atoms with Gasteiger partial charge in [0.1, 0.15) is 12.4 Å². The summed E-state index contributed by atoms with van der Waals surface area (Å²) in [5.74, 6) is 0.935. The third kappa shape index (κ3) is 2.87. The van der Waals surface area contributed by atoms with E-state index in [0.29, 0.717) is 5.82 Å². The Kier molecular flexibility index (Phi) is 3.45. The monoisotopic (exact) mass is 184 g/mol. The number of ether oxygens (including phenoxy) is 1. The Morgan fingerprint density at radius 2 is 2.54 bits per heavy atom. The number of anilines is 1. The number of methoxy groups -OCH3 is 1. The zero-order valence-electron chi connectivity index (χ0n) is 7.66. The molecule has 1 aromatic rings. The molecule has 0 unspecified atom stereocenters. The summed E-state index contributed by atoms with van der Waals surface area (Å²) in [7, 11) is 1.46. The van der Waals surface area contributed by atoms with Crippen molar-refractivity contribution < 1.29 is 14.1 Å². The van der Waals surface area contributed by atoms with E-state index in [1.54, 1.807) is 6.07 Å². The van der Waals surface area contributed by atoms with Gasteiger partial charge in [0, 0.05) is 19.6 Å². The fraction of sp³-hybridized carbons (Fsp3) is 0.500. The van der Waals surface area contributed by atoms with Crippen molar-refractivity contribution in [3.8, 4) is 0 Å². The number of nitrogens with zero attached hydrogens (tertiary/aromatic N) is 1. The average Bonchev–Trinajstić information content (AvgIpc) is 2.52. The number of aryl methyl sites for hydroxylation is 1. The maximum absolute atomic E-state index is 11.0. The van der Waals surface area contributed by atoms with Gasteiger partial charge in [0.15, 0.2) is 5.82 Å². The zero-order chi connectivity index (χ0) is 9.68. The summed E-state index contributed by atoms with van der Waals surface area (Å²) in [4.78, 5) is 11.0. The van der Waals surface area contributed by atoms with Crippen LogP contribution in [0.5, 0.6) is 0 Å². The lowest BCUT2D eigenvalue weighted by Crippen LogP contribution is -2.17. The van der Waals surface area contributed by atoms with Crippen LogP contribution in [-0.2, 0) is 16.0 Å². The summed E-state index contributed by atoms with van der Waals surface area (Å²) in [6.07, 6.45) is 0.757. The first kappa shape index (κ1) is 9.73. The van der Waals surface area contributed by atoms with E-state index in [1.165, 1.54) is 7.11 Å². The molecule has 1 rings (SSSR count). The summed E-state index contributed by atoms with van der Waals surface area (Å²) in [6.45, 7) is 1.97. The number of carbonyl (C=O) groups is 1. The van der Waals surface area contributed by atoms with E-state index >= 15 is 0 Å². The third-order valence-corrected chi connectivity index (χ3v) is 1.45. The van der Waals surface area contributed by atoms with E-state index < -0.39 is 0 Å². The summed E-state index contributed by atoms with van der Waals surface area (Å²) in [5, 5.41) is 6.18. The van der Waals surface area contributed by atoms with Crippen LogP contribution in [0.4, 0.5) is 5.82 Å². The van der Waals surface area contributed by atoms with Crippen molar-refractivity contribution in [2.75, 3.05) is 19.0 Å². The molecule has 1 aromatic heterocycles. The Morgan fingerprint density at radius 1 is 1.77 bits per heavy atom. The predicted octanol–water partition coefficient (Wildman–Crippen LogP) is 0.822. The zero-order valence-corrected chi connectivity index (χ0v) is 7.66. The van der Waals surface area contributed by atoms with Crippen molar-refractivity contribution in [2.24, 2.45) is 0 Å². The van der Waals surface area contributed by atoms with Crippen LogP contribution in [0.1, 0.15) is 12.7 Å². The lowest BCUT2D eigenvalue weighted by Gasteiger charge is -1.97. The highest BCUT2D eigenvalue weighted by atomic mass is 16.5. The van der Waals surface area contributed by atoms with Crippen LogP contribution in [0, 0.1) is 0 Å². The molecular formula is C8H12N2O3. The fourth-order valence-corrected chi connectivity index (χ4v) is 0.849. The quantitative estimate of drug-likeness (QED) is 0.752. The molecule has 5 nitrogen and oxygen atoms in total. The van der Waals surface area contributed by atoms with Gasteiger partial charge in [-0.05, 0) is 0 Å². The first-order chi connectivity index (χ1) is 6.26. The fourth-order valence-electron chi connectivity index (χ4n) is 0.849. The maximum atomic E-state index is 11.0. The maximum Gasteiger partial charge on any atom is 0.251 e. The molecule has 72 valence electrons. The molecule has 0 bridgehead atoms. The standard InChI is InChI=1S/C8H12N2O3/c1-3-6-4-7(10-13-6)9-8(11)5-12-2/h4H,3,5H2,1-2H3,(H,9,10,11). The van der Waals surface area contributed by atoms with E-state index in [1.807, 2.05) is 6.92 Å². The van der Waals surface area contributed by atoms with Gasteiger partial charge in [0.05, 0.1) is 0 Å². The van der Waals surface area contributed by atoms with Crippen molar-refractivity contribution in [3.05, 3.63) is 11.8 Å². The van der Waals surface area contributed by atoms with Crippen molar-refractivity contribution in [1.29, 1.82) is 0 Å². The first-order valence-corrected chi connectivity index (χ1v) is 4.00. The van der Waals surface area contributed by atoms with Crippen LogP contribution in [0.2, 0.25) is 0 Å². The van der Waals surface area contributed by atoms with Gasteiger partial charge in [-0.15, -0.1) is 0 Å². The number of hydrogen-bond acceptors (Lipinski definition) is 4. The Hall–Kier alpha value is -1.36. The minimum atomic E-state index is -0.238. The summed E-state index contributed by atoms with van der Waals surface area (Å²) < 4.78 is 9.53. The second kappa shape index (κ2) is 4.61. The van der Waals surface area contributed by atoms with Gasteiger partial charge < -0.3 is 14.6 Å². The Labute approximate surface area is 76.0 Å². The van der Waals surface area contributed by atoms with Crippen LogP contribution in [0.25, 0.3) is 0 Å². The Bertz CT molecular complexity index is 283. The number of amides is 1. The van der Waals surface area contributed by atoms with E-state index in [0.717, 1.165) is 12.2 Å². The first-order valence-electron chi connectivity index (χ1n) is 4.00. The van der Waals surface area contributed by atoms with Crippen LogP contribution in [0.3, 0.4) is 0 Å². The smallest absolute Gasteiger partial charge is 0.251 e. The molecule has 0 aliphatic rings. The molecule has 13 heavy (non-hydrogen) atoms. The third-order valence-electron chi connectivity index (χ3n) is 1.45. The van der Waals surface area contributed by atoms with E-state index in [2.05, 4.69) is 15.2 Å². The molecule has 1 N–H and O–H groups in total. The number of hydrogen-bond donors (Lipinski definition) is 1. The Balaban J connectivity index is 2.49. The molecule has 0 spiro atoms. The van der Waals surface area contributed by atoms with Crippen LogP contribution in [-0.4, -0.2) is 24.8 Å². The van der Waals surface area contributed by atoms with Crippen molar-refractivity contribution in [3.63, 3.8) is 0 Å². The molecule has 0 radical (unpaired) electrons. The van der Waals surface area contributed by atoms with E-state index in [-0.39, 0.29) is 12.5 Å². The summed E-state index contributed by atoms with van der Waals surface area (Å²) in [5.41, 5.74) is 0. The average molecular weight is 184 g/mol. The minimum Gasteiger partial charge on any atom is -0.375 e. The molecule has 0 aliphatic carbocycles. The van der Waals surface area contributed by atoms with E-state index in [9.17, 15) is 4.79 Å². The summed E-state index contributed by atoms with van der Waals surface area (Å²) in [6, 6.07) is 1.69. The van der Waals surface area contributed by atoms with Crippen molar-refractivity contribution in [1.82, 2.24) is 5.16 Å². The number of rotatable bonds is 4. The van der Waals surface area contributed by atoms with Crippen molar-refractivity contribution >= 4 is 11.7 Å². The lowest BCUT2D eigenvalue weighted by atomic mass is 10.3. The van der Waals surface area contributed by atoms with Crippen LogP contribution < -0.4 is 5.32 Å². The normalized spacial score (nSPS) is 10.0.